The van der Waals surface area contributed by atoms with Crippen molar-refractivity contribution >= 4 is 17.0 Å². The number of carbonyl (C=O) groups is 1. The third-order valence-electron chi connectivity index (χ3n) is 2.53. The summed E-state index contributed by atoms with van der Waals surface area (Å²) in [5.74, 6) is -0.167. The monoisotopic (exact) mass is 248 g/mol. The van der Waals surface area contributed by atoms with Crippen molar-refractivity contribution in [3.63, 3.8) is 0 Å². The first-order valence-corrected chi connectivity index (χ1v) is 5.86. The zero-order valence-corrected chi connectivity index (χ0v) is 10.4. The molecular weight excluding hydrogens is 232 g/mol. The molecule has 0 radical (unpaired) electrons. The fourth-order valence-electron chi connectivity index (χ4n) is 1.67. The van der Waals surface area contributed by atoms with E-state index in [1.807, 2.05) is 26.0 Å². The highest BCUT2D eigenvalue weighted by Gasteiger charge is 2.19. The van der Waals surface area contributed by atoms with Crippen molar-refractivity contribution in [2.24, 2.45) is 11.7 Å². The first-order chi connectivity index (χ1) is 8.58. The SMILES string of the molecule is CC(C)C[C@H](N)C(=O)On1nnc2ccccc21. The van der Waals surface area contributed by atoms with Crippen molar-refractivity contribution in [3.05, 3.63) is 24.3 Å². The summed E-state index contributed by atoms with van der Waals surface area (Å²) >= 11 is 0. The van der Waals surface area contributed by atoms with Crippen LogP contribution in [0.15, 0.2) is 24.3 Å². The van der Waals surface area contributed by atoms with Gasteiger partial charge in [-0.15, -0.1) is 5.10 Å². The fourth-order valence-corrected chi connectivity index (χ4v) is 1.67. The summed E-state index contributed by atoms with van der Waals surface area (Å²) < 4.78 is 0. The maximum atomic E-state index is 11.8. The van der Waals surface area contributed by atoms with E-state index < -0.39 is 12.0 Å². The molecule has 0 aliphatic heterocycles. The van der Waals surface area contributed by atoms with Gasteiger partial charge in [0.05, 0.1) is 0 Å². The lowest BCUT2D eigenvalue weighted by molar-refractivity contribution is -0.147. The van der Waals surface area contributed by atoms with Crippen LogP contribution >= 0.6 is 0 Å². The van der Waals surface area contributed by atoms with Crippen LogP contribution in [0.5, 0.6) is 0 Å². The molecule has 0 bridgehead atoms. The van der Waals surface area contributed by atoms with Crippen molar-refractivity contribution in [1.29, 1.82) is 0 Å². The van der Waals surface area contributed by atoms with Gasteiger partial charge < -0.3 is 10.6 Å². The molecule has 2 N–H and O–H groups in total. The lowest BCUT2D eigenvalue weighted by Gasteiger charge is -2.12. The number of hydrogen-bond acceptors (Lipinski definition) is 5. The van der Waals surface area contributed by atoms with Gasteiger partial charge in [-0.1, -0.05) is 30.8 Å². The summed E-state index contributed by atoms with van der Waals surface area (Å²) in [6.45, 7) is 4.00. The Labute approximate surface area is 105 Å². The molecule has 0 unspecified atom stereocenters. The highest BCUT2D eigenvalue weighted by Crippen LogP contribution is 2.09. The average molecular weight is 248 g/mol. The third-order valence-corrected chi connectivity index (χ3v) is 2.53. The van der Waals surface area contributed by atoms with Crippen LogP contribution in [0.3, 0.4) is 0 Å². The Bertz CT molecular complexity index is 550. The molecule has 6 nitrogen and oxygen atoms in total. The quantitative estimate of drug-likeness (QED) is 0.808. The molecule has 0 aliphatic rings. The predicted octanol–water partition coefficient (Wildman–Crippen LogP) is 0.760. The number of carbonyl (C=O) groups excluding carboxylic acids is 1. The number of benzene rings is 1. The van der Waals surface area contributed by atoms with Crippen molar-refractivity contribution in [2.75, 3.05) is 0 Å². The molecule has 0 spiro atoms. The number of aromatic nitrogens is 3. The van der Waals surface area contributed by atoms with Crippen LogP contribution in [0.1, 0.15) is 20.3 Å². The Kier molecular flexibility index (Phi) is 3.57. The van der Waals surface area contributed by atoms with E-state index in [9.17, 15) is 4.79 Å². The van der Waals surface area contributed by atoms with Gasteiger partial charge in [0.2, 0.25) is 0 Å². The smallest absolute Gasteiger partial charge is 0.318 e. The van der Waals surface area contributed by atoms with Gasteiger partial charge in [-0.25, -0.2) is 4.79 Å². The molecule has 18 heavy (non-hydrogen) atoms. The highest BCUT2D eigenvalue weighted by molar-refractivity contribution is 5.78. The second-order valence-electron chi connectivity index (χ2n) is 4.60. The molecule has 1 heterocycles. The number of rotatable bonds is 4. The Morgan fingerprint density at radius 1 is 1.44 bits per heavy atom. The van der Waals surface area contributed by atoms with Crippen molar-refractivity contribution in [3.8, 4) is 0 Å². The van der Waals surface area contributed by atoms with E-state index in [0.717, 1.165) is 4.85 Å². The number of hydrogen-bond donors (Lipinski definition) is 1. The molecule has 0 saturated heterocycles. The van der Waals surface area contributed by atoms with E-state index in [4.69, 9.17) is 10.6 Å². The first-order valence-electron chi connectivity index (χ1n) is 5.86. The zero-order chi connectivity index (χ0) is 13.1. The van der Waals surface area contributed by atoms with Gasteiger partial charge in [0.25, 0.3) is 0 Å². The minimum Gasteiger partial charge on any atom is -0.318 e. The van der Waals surface area contributed by atoms with Gasteiger partial charge in [-0.3, -0.25) is 0 Å². The van der Waals surface area contributed by atoms with Crippen LogP contribution < -0.4 is 10.6 Å². The van der Waals surface area contributed by atoms with E-state index >= 15 is 0 Å². The van der Waals surface area contributed by atoms with Crippen LogP contribution in [0.4, 0.5) is 0 Å². The minimum absolute atomic E-state index is 0.333. The lowest BCUT2D eigenvalue weighted by Crippen LogP contribution is -2.38. The molecule has 1 atom stereocenters. The number of fused-ring (bicyclic) bond motifs is 1. The van der Waals surface area contributed by atoms with Crippen LogP contribution in [-0.4, -0.2) is 27.2 Å². The second kappa shape index (κ2) is 5.14. The number of para-hydroxylation sites is 1. The summed E-state index contributed by atoms with van der Waals surface area (Å²) in [5.41, 5.74) is 7.05. The summed E-state index contributed by atoms with van der Waals surface area (Å²) in [5, 5.41) is 7.65. The van der Waals surface area contributed by atoms with Gasteiger partial charge in [-0.05, 0) is 29.7 Å². The van der Waals surface area contributed by atoms with Gasteiger partial charge in [0.1, 0.15) is 17.1 Å². The normalized spacial score (nSPS) is 12.9. The molecule has 0 amide bonds. The maximum absolute atomic E-state index is 11.8. The van der Waals surface area contributed by atoms with Gasteiger partial charge in [0, 0.05) is 0 Å². The third kappa shape index (κ3) is 2.65. The largest absolute Gasteiger partial charge is 0.351 e. The molecule has 1 aromatic heterocycles. The standard InChI is InChI=1S/C12H16N4O2/c1-8(2)7-9(13)12(17)18-16-11-6-4-3-5-10(11)14-15-16/h3-6,8-9H,7,13H2,1-2H3/t9-/m0/s1. The van der Waals surface area contributed by atoms with Gasteiger partial charge >= 0.3 is 5.97 Å². The van der Waals surface area contributed by atoms with Gasteiger partial charge in [0.15, 0.2) is 0 Å². The van der Waals surface area contributed by atoms with Crippen LogP contribution in [0.25, 0.3) is 11.0 Å². The van der Waals surface area contributed by atoms with Crippen LogP contribution in [0.2, 0.25) is 0 Å². The fraction of sp³-hybridized carbons (Fsp3) is 0.417. The van der Waals surface area contributed by atoms with E-state index in [2.05, 4.69) is 10.3 Å². The molecule has 2 rings (SSSR count). The van der Waals surface area contributed by atoms with Crippen molar-refractivity contribution in [1.82, 2.24) is 15.2 Å². The Morgan fingerprint density at radius 2 is 2.17 bits per heavy atom. The summed E-state index contributed by atoms with van der Waals surface area (Å²) in [4.78, 5) is 18.0. The topological polar surface area (TPSA) is 83.0 Å². The average Bonchev–Trinajstić information content (AvgIpc) is 2.72. The Hall–Kier alpha value is -1.95. The lowest BCUT2D eigenvalue weighted by atomic mass is 10.1. The minimum atomic E-state index is -0.645. The molecular formula is C12H16N4O2. The van der Waals surface area contributed by atoms with Gasteiger partial charge in [-0.2, -0.15) is 0 Å². The van der Waals surface area contributed by atoms with Crippen molar-refractivity contribution < 1.29 is 9.63 Å². The Morgan fingerprint density at radius 3 is 2.89 bits per heavy atom. The summed E-state index contributed by atoms with van der Waals surface area (Å²) in [7, 11) is 0. The molecule has 0 aliphatic carbocycles. The molecule has 6 heteroatoms. The number of nitrogens with two attached hydrogens (primary N) is 1. The van der Waals surface area contributed by atoms with Crippen molar-refractivity contribution in [2.45, 2.75) is 26.3 Å². The molecule has 1 aromatic carbocycles. The number of nitrogens with zero attached hydrogens (tertiary/aromatic N) is 3. The molecule has 0 saturated carbocycles. The van der Waals surface area contributed by atoms with E-state index in [0.29, 0.717) is 23.4 Å². The molecule has 0 fully saturated rings. The summed E-state index contributed by atoms with van der Waals surface area (Å²) in [6, 6.07) is 6.59. The summed E-state index contributed by atoms with van der Waals surface area (Å²) in [6.07, 6.45) is 0.575. The zero-order valence-electron chi connectivity index (χ0n) is 10.4. The Balaban J connectivity index is 2.12. The second-order valence-corrected chi connectivity index (χ2v) is 4.60. The van der Waals surface area contributed by atoms with Crippen LogP contribution in [0, 0.1) is 5.92 Å². The first kappa shape index (κ1) is 12.5. The van der Waals surface area contributed by atoms with Crippen LogP contribution in [-0.2, 0) is 4.79 Å². The van der Waals surface area contributed by atoms with E-state index in [1.165, 1.54) is 0 Å². The van der Waals surface area contributed by atoms with E-state index in [1.54, 1.807) is 12.1 Å². The van der Waals surface area contributed by atoms with E-state index in [-0.39, 0.29) is 0 Å². The highest BCUT2D eigenvalue weighted by atomic mass is 16.7. The predicted molar refractivity (Wildman–Crippen MR) is 66.5 cm³/mol. The molecule has 96 valence electrons. The molecule has 2 aromatic rings. The maximum Gasteiger partial charge on any atom is 0.351 e.